The van der Waals surface area contributed by atoms with Gasteiger partial charge in [0.05, 0.1) is 5.52 Å². The molecule has 0 spiro atoms. The van der Waals surface area contributed by atoms with Gasteiger partial charge in [0.1, 0.15) is 5.82 Å². The molecule has 2 N–H and O–H groups in total. The van der Waals surface area contributed by atoms with Crippen molar-refractivity contribution in [2.75, 3.05) is 13.1 Å². The monoisotopic (exact) mass is 273 g/mol. The Bertz CT molecular complexity index is 642. The number of aromatic nitrogens is 2. The van der Waals surface area contributed by atoms with Gasteiger partial charge >= 0.3 is 5.97 Å². The van der Waals surface area contributed by atoms with Crippen LogP contribution in [0.1, 0.15) is 34.7 Å². The molecular weight excluding hydrogens is 254 g/mol. The third kappa shape index (κ3) is 2.41. The second-order valence-electron chi connectivity index (χ2n) is 5.56. The molecule has 3 rings (SSSR count). The van der Waals surface area contributed by atoms with Gasteiger partial charge in [0, 0.05) is 12.6 Å². The predicted octanol–water partition coefficient (Wildman–Crippen LogP) is 1.88. The lowest BCUT2D eigenvalue weighted by Crippen LogP contribution is -2.31. The third-order valence-corrected chi connectivity index (χ3v) is 3.94. The van der Waals surface area contributed by atoms with Crippen molar-refractivity contribution in [2.24, 2.45) is 5.92 Å². The first-order valence-corrected chi connectivity index (χ1v) is 7.07. The van der Waals surface area contributed by atoms with Crippen LogP contribution in [0.4, 0.5) is 0 Å². The summed E-state index contributed by atoms with van der Waals surface area (Å²) < 4.78 is 1.92. The number of carboxylic acids is 1. The number of hydrogen-bond acceptors (Lipinski definition) is 3. The molecule has 5 heteroatoms. The summed E-state index contributed by atoms with van der Waals surface area (Å²) >= 11 is 0. The molecule has 0 bridgehead atoms. The number of hydrogen-bond donors (Lipinski definition) is 2. The number of aryl methyl sites for hydroxylation is 1. The van der Waals surface area contributed by atoms with Crippen molar-refractivity contribution in [3.8, 4) is 0 Å². The fraction of sp³-hybridized carbons (Fsp3) is 0.467. The molecule has 20 heavy (non-hydrogen) atoms. The lowest BCUT2D eigenvalue weighted by atomic mass is 9.96. The zero-order valence-electron chi connectivity index (χ0n) is 11.6. The summed E-state index contributed by atoms with van der Waals surface area (Å²) in [6, 6.07) is 3.88. The summed E-state index contributed by atoms with van der Waals surface area (Å²) in [6.45, 7) is 4.03. The number of rotatable bonds is 3. The highest BCUT2D eigenvalue weighted by atomic mass is 16.4. The standard InChI is InChI=1S/C15H19N3O2/c1-10-4-6-18-12(7-10)14(15(19)20)17-13(18)8-11-3-2-5-16-9-11/h4,6-7,11,16H,2-3,5,8-9H2,1H3,(H,19,20). The lowest BCUT2D eigenvalue weighted by molar-refractivity contribution is 0.0693. The zero-order chi connectivity index (χ0) is 14.1. The first-order chi connectivity index (χ1) is 9.65. The van der Waals surface area contributed by atoms with E-state index in [0.717, 1.165) is 30.9 Å². The van der Waals surface area contributed by atoms with Crippen LogP contribution >= 0.6 is 0 Å². The molecule has 1 unspecified atom stereocenters. The predicted molar refractivity (Wildman–Crippen MR) is 76.2 cm³/mol. The van der Waals surface area contributed by atoms with Crippen LogP contribution in [0.2, 0.25) is 0 Å². The maximum Gasteiger partial charge on any atom is 0.356 e. The SMILES string of the molecule is Cc1ccn2c(CC3CCCNC3)nc(C(=O)O)c2c1. The van der Waals surface area contributed by atoms with Crippen LogP contribution in [0.15, 0.2) is 18.3 Å². The zero-order valence-corrected chi connectivity index (χ0v) is 11.6. The summed E-state index contributed by atoms with van der Waals surface area (Å²) in [4.78, 5) is 15.7. The molecule has 2 aromatic rings. The fourth-order valence-electron chi connectivity index (χ4n) is 2.91. The van der Waals surface area contributed by atoms with E-state index in [1.165, 1.54) is 12.8 Å². The molecule has 0 aromatic carbocycles. The van der Waals surface area contributed by atoms with Crippen molar-refractivity contribution in [2.45, 2.75) is 26.2 Å². The largest absolute Gasteiger partial charge is 0.476 e. The second kappa shape index (κ2) is 5.25. The van der Waals surface area contributed by atoms with E-state index in [4.69, 9.17) is 0 Å². The second-order valence-corrected chi connectivity index (χ2v) is 5.56. The Balaban J connectivity index is 1.99. The van der Waals surface area contributed by atoms with Gasteiger partial charge < -0.3 is 14.8 Å². The van der Waals surface area contributed by atoms with Gasteiger partial charge in [-0.3, -0.25) is 0 Å². The van der Waals surface area contributed by atoms with Gasteiger partial charge in [0.2, 0.25) is 0 Å². The molecule has 1 saturated heterocycles. The van der Waals surface area contributed by atoms with Crippen LogP contribution < -0.4 is 5.32 Å². The van der Waals surface area contributed by atoms with Crippen molar-refractivity contribution < 1.29 is 9.90 Å². The minimum Gasteiger partial charge on any atom is -0.476 e. The summed E-state index contributed by atoms with van der Waals surface area (Å²) in [6.07, 6.45) is 5.11. The highest BCUT2D eigenvalue weighted by Crippen LogP contribution is 2.20. The first kappa shape index (κ1) is 13.1. The van der Waals surface area contributed by atoms with E-state index in [1.807, 2.05) is 29.7 Å². The molecule has 1 atom stereocenters. The van der Waals surface area contributed by atoms with Crippen LogP contribution in [-0.4, -0.2) is 33.6 Å². The summed E-state index contributed by atoms with van der Waals surface area (Å²) in [5.41, 5.74) is 1.90. The molecule has 0 amide bonds. The minimum absolute atomic E-state index is 0.160. The van der Waals surface area contributed by atoms with Gasteiger partial charge in [-0.2, -0.15) is 0 Å². The number of nitrogens with one attached hydrogen (secondary N) is 1. The molecule has 0 radical (unpaired) electrons. The first-order valence-electron chi connectivity index (χ1n) is 7.07. The van der Waals surface area contributed by atoms with Crippen molar-refractivity contribution in [3.05, 3.63) is 35.4 Å². The van der Waals surface area contributed by atoms with E-state index >= 15 is 0 Å². The fourth-order valence-corrected chi connectivity index (χ4v) is 2.91. The lowest BCUT2D eigenvalue weighted by Gasteiger charge is -2.22. The van der Waals surface area contributed by atoms with Crippen LogP contribution in [0, 0.1) is 12.8 Å². The number of imidazole rings is 1. The molecule has 3 heterocycles. The number of carboxylic acid groups (broad SMARTS) is 1. The highest BCUT2D eigenvalue weighted by molar-refractivity contribution is 5.93. The highest BCUT2D eigenvalue weighted by Gasteiger charge is 2.20. The third-order valence-electron chi connectivity index (χ3n) is 3.94. The van der Waals surface area contributed by atoms with Gasteiger partial charge in [-0.15, -0.1) is 0 Å². The van der Waals surface area contributed by atoms with Crippen molar-refractivity contribution in [3.63, 3.8) is 0 Å². The minimum atomic E-state index is -0.957. The number of carbonyl (C=O) groups is 1. The molecule has 1 aliphatic heterocycles. The van der Waals surface area contributed by atoms with Crippen LogP contribution in [-0.2, 0) is 6.42 Å². The number of fused-ring (bicyclic) bond motifs is 1. The molecule has 106 valence electrons. The quantitative estimate of drug-likeness (QED) is 0.896. The summed E-state index contributed by atoms with van der Waals surface area (Å²) in [7, 11) is 0. The van der Waals surface area contributed by atoms with E-state index in [0.29, 0.717) is 11.4 Å². The molecule has 0 saturated carbocycles. The maximum atomic E-state index is 11.3. The van der Waals surface area contributed by atoms with Gasteiger partial charge in [0.15, 0.2) is 5.69 Å². The smallest absolute Gasteiger partial charge is 0.356 e. The van der Waals surface area contributed by atoms with E-state index in [-0.39, 0.29) is 5.69 Å². The van der Waals surface area contributed by atoms with Crippen molar-refractivity contribution in [1.29, 1.82) is 0 Å². The van der Waals surface area contributed by atoms with Gasteiger partial charge in [0.25, 0.3) is 0 Å². The Labute approximate surface area is 117 Å². The molecule has 1 fully saturated rings. The topological polar surface area (TPSA) is 66.6 Å². The van der Waals surface area contributed by atoms with Crippen molar-refractivity contribution in [1.82, 2.24) is 14.7 Å². The van der Waals surface area contributed by atoms with Crippen LogP contribution in [0.25, 0.3) is 5.52 Å². The molecule has 0 aliphatic carbocycles. The Morgan fingerprint density at radius 2 is 2.45 bits per heavy atom. The number of nitrogens with zero attached hydrogens (tertiary/aromatic N) is 2. The number of piperidine rings is 1. The van der Waals surface area contributed by atoms with E-state index < -0.39 is 5.97 Å². The van der Waals surface area contributed by atoms with Gasteiger partial charge in [-0.1, -0.05) is 0 Å². The van der Waals surface area contributed by atoms with Crippen LogP contribution in [0.3, 0.4) is 0 Å². The van der Waals surface area contributed by atoms with Crippen LogP contribution in [0.5, 0.6) is 0 Å². The van der Waals surface area contributed by atoms with Crippen molar-refractivity contribution >= 4 is 11.5 Å². The number of aromatic carboxylic acids is 1. The number of pyridine rings is 1. The van der Waals surface area contributed by atoms with E-state index in [1.54, 1.807) is 0 Å². The molecular formula is C15H19N3O2. The summed E-state index contributed by atoms with van der Waals surface area (Å²) in [5.74, 6) is 0.435. The Hall–Kier alpha value is -1.88. The Kier molecular flexibility index (Phi) is 3.44. The summed E-state index contributed by atoms with van der Waals surface area (Å²) in [5, 5.41) is 12.7. The van der Waals surface area contributed by atoms with Gasteiger partial charge in [-0.05, 0) is 56.5 Å². The maximum absolute atomic E-state index is 11.3. The molecule has 2 aromatic heterocycles. The normalized spacial score (nSPS) is 19.4. The Morgan fingerprint density at radius 1 is 1.60 bits per heavy atom. The molecule has 1 aliphatic rings. The molecule has 5 nitrogen and oxygen atoms in total. The van der Waals surface area contributed by atoms with E-state index in [9.17, 15) is 9.90 Å². The Morgan fingerprint density at radius 3 is 3.15 bits per heavy atom. The van der Waals surface area contributed by atoms with E-state index in [2.05, 4.69) is 10.3 Å². The average molecular weight is 273 g/mol. The average Bonchev–Trinajstić information content (AvgIpc) is 2.78. The van der Waals surface area contributed by atoms with Gasteiger partial charge in [-0.25, -0.2) is 9.78 Å².